The quantitative estimate of drug-likeness (QED) is 0.699. The standard InChI is InChI=1S/C17H32N2S/c1-4-5-6-7-8-15(3)18-16-19-17(13-20-16)11-9-14(2)10-12-17/h14-15H,4-13H2,1-3H3,(H,18,19). The van der Waals surface area contributed by atoms with Crippen molar-refractivity contribution < 1.29 is 0 Å². The molecule has 3 heteroatoms. The Morgan fingerprint density at radius 2 is 2.05 bits per heavy atom. The summed E-state index contributed by atoms with van der Waals surface area (Å²) in [7, 11) is 0. The molecule has 2 rings (SSSR count). The molecule has 0 aromatic rings. The van der Waals surface area contributed by atoms with Gasteiger partial charge < -0.3 is 5.32 Å². The molecule has 1 spiro atoms. The average Bonchev–Trinajstić information content (AvgIpc) is 2.82. The minimum atomic E-state index is 0.387. The van der Waals surface area contributed by atoms with Gasteiger partial charge in [0.2, 0.25) is 0 Å². The maximum atomic E-state index is 4.91. The second kappa shape index (κ2) is 7.72. The van der Waals surface area contributed by atoms with Crippen LogP contribution in [0.2, 0.25) is 0 Å². The minimum Gasteiger partial charge on any atom is -0.359 e. The normalized spacial score (nSPS) is 33.5. The molecular weight excluding hydrogens is 264 g/mol. The van der Waals surface area contributed by atoms with E-state index in [2.05, 4.69) is 26.1 Å². The van der Waals surface area contributed by atoms with Crippen LogP contribution in [0.5, 0.6) is 0 Å². The van der Waals surface area contributed by atoms with Crippen LogP contribution in [0.1, 0.15) is 78.6 Å². The number of hydrogen-bond donors (Lipinski definition) is 1. The maximum absolute atomic E-state index is 4.91. The molecule has 2 fully saturated rings. The Kier molecular flexibility index (Phi) is 6.25. The summed E-state index contributed by atoms with van der Waals surface area (Å²) in [6.45, 7) is 6.94. The van der Waals surface area contributed by atoms with E-state index in [1.807, 2.05) is 11.8 Å². The lowest BCUT2D eigenvalue weighted by Gasteiger charge is -2.35. The molecule has 0 radical (unpaired) electrons. The summed E-state index contributed by atoms with van der Waals surface area (Å²) in [5.41, 5.74) is 0.387. The van der Waals surface area contributed by atoms with Crippen LogP contribution in [0.25, 0.3) is 0 Å². The molecule has 2 nitrogen and oxygen atoms in total. The molecule has 1 atom stereocenters. The van der Waals surface area contributed by atoms with Crippen LogP contribution in [-0.4, -0.2) is 22.5 Å². The molecule has 20 heavy (non-hydrogen) atoms. The van der Waals surface area contributed by atoms with Crippen LogP contribution in [0.4, 0.5) is 0 Å². The highest BCUT2D eigenvalue weighted by Crippen LogP contribution is 2.38. The summed E-state index contributed by atoms with van der Waals surface area (Å²) < 4.78 is 0. The van der Waals surface area contributed by atoms with E-state index in [4.69, 9.17) is 4.99 Å². The zero-order valence-electron chi connectivity index (χ0n) is 13.6. The second-order valence-electron chi connectivity index (χ2n) is 7.01. The summed E-state index contributed by atoms with van der Waals surface area (Å²) >= 11 is 1.96. The SMILES string of the molecule is CCCCCCC(C)N=C1NC2(CCC(C)CC2)CS1. The fraction of sp³-hybridized carbons (Fsp3) is 0.941. The van der Waals surface area contributed by atoms with Gasteiger partial charge in [-0.25, -0.2) is 0 Å². The highest BCUT2D eigenvalue weighted by Gasteiger charge is 2.39. The van der Waals surface area contributed by atoms with Gasteiger partial charge in [-0.3, -0.25) is 4.99 Å². The molecule has 0 amide bonds. The summed E-state index contributed by atoms with van der Waals surface area (Å²) in [4.78, 5) is 4.91. The molecule has 1 heterocycles. The number of thioether (sulfide) groups is 1. The van der Waals surface area contributed by atoms with E-state index in [1.54, 1.807) is 0 Å². The van der Waals surface area contributed by atoms with Gasteiger partial charge in [-0.1, -0.05) is 51.3 Å². The molecule has 0 aromatic heterocycles. The lowest BCUT2D eigenvalue weighted by Crippen LogP contribution is -2.46. The molecule has 116 valence electrons. The van der Waals surface area contributed by atoms with Crippen molar-refractivity contribution in [2.45, 2.75) is 90.1 Å². The van der Waals surface area contributed by atoms with Gasteiger partial charge in [0.25, 0.3) is 0 Å². The fourth-order valence-electron chi connectivity index (χ4n) is 3.29. The van der Waals surface area contributed by atoms with Crippen LogP contribution in [0.15, 0.2) is 4.99 Å². The zero-order valence-corrected chi connectivity index (χ0v) is 14.4. The molecule has 1 aliphatic heterocycles. The summed E-state index contributed by atoms with van der Waals surface area (Å²) in [5, 5.41) is 5.00. The van der Waals surface area contributed by atoms with E-state index in [9.17, 15) is 0 Å². The molecule has 1 saturated carbocycles. The van der Waals surface area contributed by atoms with Gasteiger partial charge in [0, 0.05) is 17.3 Å². The minimum absolute atomic E-state index is 0.387. The fourth-order valence-corrected chi connectivity index (χ4v) is 4.61. The first-order valence-electron chi connectivity index (χ1n) is 8.62. The number of unbranched alkanes of at least 4 members (excludes halogenated alkanes) is 3. The maximum Gasteiger partial charge on any atom is 0.157 e. The van der Waals surface area contributed by atoms with Gasteiger partial charge in [-0.2, -0.15) is 0 Å². The van der Waals surface area contributed by atoms with Crippen molar-refractivity contribution in [1.82, 2.24) is 5.32 Å². The lowest BCUT2D eigenvalue weighted by molar-refractivity contribution is 0.250. The molecular formula is C17H32N2S. The number of aliphatic imine (C=N–C) groups is 1. The van der Waals surface area contributed by atoms with Crippen LogP contribution >= 0.6 is 11.8 Å². The Bertz CT molecular complexity index is 319. The lowest BCUT2D eigenvalue weighted by atomic mass is 9.78. The Balaban J connectivity index is 1.75. The highest BCUT2D eigenvalue weighted by molar-refractivity contribution is 8.14. The Labute approximate surface area is 129 Å². The first kappa shape index (κ1) is 16.2. The van der Waals surface area contributed by atoms with E-state index in [0.29, 0.717) is 11.6 Å². The van der Waals surface area contributed by atoms with Crippen molar-refractivity contribution >= 4 is 16.9 Å². The predicted octanol–water partition coefficient (Wildman–Crippen LogP) is 4.99. The summed E-state index contributed by atoms with van der Waals surface area (Å²) in [5.74, 6) is 2.16. The Morgan fingerprint density at radius 1 is 1.30 bits per heavy atom. The second-order valence-corrected chi connectivity index (χ2v) is 7.97. The van der Waals surface area contributed by atoms with Crippen molar-refractivity contribution in [3.63, 3.8) is 0 Å². The van der Waals surface area contributed by atoms with E-state index in [-0.39, 0.29) is 0 Å². The van der Waals surface area contributed by atoms with Crippen LogP contribution in [0.3, 0.4) is 0 Å². The first-order chi connectivity index (χ1) is 9.63. The Hall–Kier alpha value is -0.180. The van der Waals surface area contributed by atoms with Crippen molar-refractivity contribution in [3.8, 4) is 0 Å². The zero-order chi connectivity index (χ0) is 14.4. The molecule has 1 aliphatic carbocycles. The summed E-state index contributed by atoms with van der Waals surface area (Å²) in [6, 6.07) is 0.486. The van der Waals surface area contributed by atoms with Crippen molar-refractivity contribution in [3.05, 3.63) is 0 Å². The smallest absolute Gasteiger partial charge is 0.157 e. The molecule has 1 unspecified atom stereocenters. The third-order valence-electron chi connectivity index (χ3n) is 4.90. The molecule has 1 N–H and O–H groups in total. The van der Waals surface area contributed by atoms with Crippen molar-refractivity contribution in [2.24, 2.45) is 10.9 Å². The molecule has 0 bridgehead atoms. The van der Waals surface area contributed by atoms with E-state index in [0.717, 1.165) is 5.92 Å². The van der Waals surface area contributed by atoms with Crippen LogP contribution in [-0.2, 0) is 0 Å². The van der Waals surface area contributed by atoms with Gasteiger partial charge in [-0.15, -0.1) is 0 Å². The Morgan fingerprint density at radius 3 is 2.75 bits per heavy atom. The third kappa shape index (κ3) is 4.68. The van der Waals surface area contributed by atoms with Crippen LogP contribution < -0.4 is 5.32 Å². The number of nitrogens with zero attached hydrogens (tertiary/aromatic N) is 1. The molecule has 1 saturated heterocycles. The van der Waals surface area contributed by atoms with E-state index in [1.165, 1.54) is 68.7 Å². The monoisotopic (exact) mass is 296 g/mol. The van der Waals surface area contributed by atoms with Gasteiger partial charge in [0.15, 0.2) is 5.17 Å². The van der Waals surface area contributed by atoms with Crippen molar-refractivity contribution in [2.75, 3.05) is 5.75 Å². The largest absolute Gasteiger partial charge is 0.359 e. The first-order valence-corrected chi connectivity index (χ1v) is 9.61. The molecule has 2 aliphatic rings. The summed E-state index contributed by atoms with van der Waals surface area (Å²) in [6.07, 6.45) is 12.1. The van der Waals surface area contributed by atoms with Crippen LogP contribution in [0, 0.1) is 5.92 Å². The number of hydrogen-bond acceptors (Lipinski definition) is 2. The van der Waals surface area contributed by atoms with Crippen molar-refractivity contribution in [1.29, 1.82) is 0 Å². The molecule has 0 aromatic carbocycles. The third-order valence-corrected chi connectivity index (χ3v) is 6.08. The van der Waals surface area contributed by atoms with Gasteiger partial charge in [0.05, 0.1) is 0 Å². The number of nitrogens with one attached hydrogen (secondary N) is 1. The number of rotatable bonds is 6. The van der Waals surface area contributed by atoms with Gasteiger partial charge >= 0.3 is 0 Å². The highest BCUT2D eigenvalue weighted by atomic mass is 32.2. The van der Waals surface area contributed by atoms with Gasteiger partial charge in [-0.05, 0) is 44.9 Å². The topological polar surface area (TPSA) is 24.4 Å². The predicted molar refractivity (Wildman–Crippen MR) is 91.6 cm³/mol. The van der Waals surface area contributed by atoms with E-state index < -0.39 is 0 Å². The average molecular weight is 297 g/mol. The number of amidine groups is 1. The van der Waals surface area contributed by atoms with E-state index >= 15 is 0 Å². The van der Waals surface area contributed by atoms with Gasteiger partial charge in [0.1, 0.15) is 0 Å².